The van der Waals surface area contributed by atoms with E-state index in [1.807, 2.05) is 0 Å². The van der Waals surface area contributed by atoms with Crippen LogP contribution in [0.15, 0.2) is 110 Å². The number of pyridine rings is 4. The molecule has 0 unspecified atom stereocenters. The largest absolute Gasteiger partial charge is 0.425 e. The van der Waals surface area contributed by atoms with Gasteiger partial charge < -0.3 is 54.9 Å². The molecular weight excluding hydrogens is 1070 g/mol. The minimum atomic E-state index is -1.06. The van der Waals surface area contributed by atoms with Crippen molar-refractivity contribution in [3.8, 4) is 5.75 Å². The van der Waals surface area contributed by atoms with E-state index in [1.54, 1.807) is 6.07 Å². The van der Waals surface area contributed by atoms with Crippen LogP contribution in [0.5, 0.6) is 5.75 Å². The summed E-state index contributed by atoms with van der Waals surface area (Å²) in [6.45, 7) is -0.599. The van der Waals surface area contributed by atoms with Gasteiger partial charge in [-0.1, -0.05) is 53.5 Å². The van der Waals surface area contributed by atoms with Crippen molar-refractivity contribution < 1.29 is 68.5 Å². The second kappa shape index (κ2) is 30.4. The van der Waals surface area contributed by atoms with E-state index in [9.17, 15) is 68.8 Å². The molecule has 4 heterocycles. The van der Waals surface area contributed by atoms with E-state index in [0.29, 0.717) is 0 Å². The van der Waals surface area contributed by atoms with Crippen LogP contribution in [0.4, 0.5) is 0 Å². The first kappa shape index (κ1) is 60.6. The standard InChI is InChI=1S/C50H56Cl2N8O18/c51-34-10-3-11-35(52)46(34)78-45(66)21-29-76-31-33-77-32-30-75-28-20-40(61)56(50(70)39-15-7-19-44(65)60(39)74)27-9-26-55(49(69)38-14-6-18-43(64)59(38)73)24-2-1-23-54(48(68)37-13-5-17-42(63)58(37)72)25-8-22-53-47(67)36-12-4-16-41(62)57(36)71/h3-7,10-19,71-74H,1-2,8-9,20-33H2,(H,53,67). The Kier molecular flexibility index (Phi) is 23.6. The molecule has 5 amide bonds. The topological polar surface area (TPSA) is 330 Å². The van der Waals surface area contributed by atoms with Crippen LogP contribution in [0.3, 0.4) is 0 Å². The van der Waals surface area contributed by atoms with Gasteiger partial charge in [0.25, 0.3) is 45.9 Å². The lowest BCUT2D eigenvalue weighted by molar-refractivity contribution is -0.135. The lowest BCUT2D eigenvalue weighted by Crippen LogP contribution is -2.43. The fourth-order valence-corrected chi connectivity index (χ4v) is 7.81. The first-order valence-electron chi connectivity index (χ1n) is 24.2. The van der Waals surface area contributed by atoms with E-state index in [-0.39, 0.29) is 164 Å². The van der Waals surface area contributed by atoms with Crippen LogP contribution in [-0.2, 0) is 23.8 Å². The van der Waals surface area contributed by atoms with Gasteiger partial charge in [-0.3, -0.25) is 52.8 Å². The first-order valence-corrected chi connectivity index (χ1v) is 24.9. The highest BCUT2D eigenvalue weighted by atomic mass is 35.5. The number of unbranched alkanes of at least 4 members (excludes halogenated alkanes) is 1. The zero-order valence-electron chi connectivity index (χ0n) is 41.8. The average Bonchev–Trinajstić information content (AvgIpc) is 3.44. The number of imide groups is 1. The molecule has 0 saturated heterocycles. The van der Waals surface area contributed by atoms with Crippen LogP contribution < -0.4 is 32.3 Å². The molecular formula is C50H56Cl2N8O18. The SMILES string of the molecule is O=C(CCOCCOCCOCCC(=O)N(CCCN(CCCCN(CCCNC(=O)c1cccc(=O)n1O)C(=O)c1cccc(=O)n1O)C(=O)c1cccc(=O)n1O)C(=O)c1cccc(=O)n1O)Oc1c(Cl)cccc1Cl. The van der Waals surface area contributed by atoms with Crippen molar-refractivity contribution in [1.82, 2.24) is 38.9 Å². The number of nitrogens with zero attached hydrogens (tertiary/aromatic N) is 7. The molecule has 0 spiro atoms. The highest BCUT2D eigenvalue weighted by Crippen LogP contribution is 2.32. The number of aromatic nitrogens is 4. The number of hydrogen-bond acceptors (Lipinski definition) is 18. The summed E-state index contributed by atoms with van der Waals surface area (Å²) in [5.74, 6) is -4.78. The lowest BCUT2D eigenvalue weighted by atomic mass is 10.2. The minimum Gasteiger partial charge on any atom is -0.425 e. The van der Waals surface area contributed by atoms with Crippen LogP contribution in [0, 0.1) is 0 Å². The summed E-state index contributed by atoms with van der Waals surface area (Å²) >= 11 is 12.0. The summed E-state index contributed by atoms with van der Waals surface area (Å²) < 4.78 is 22.2. The predicted molar refractivity (Wildman–Crippen MR) is 274 cm³/mol. The molecule has 1 aromatic carbocycles. The van der Waals surface area contributed by atoms with Crippen molar-refractivity contribution >= 4 is 58.7 Å². The van der Waals surface area contributed by atoms with Gasteiger partial charge >= 0.3 is 5.97 Å². The van der Waals surface area contributed by atoms with Gasteiger partial charge in [-0.2, -0.15) is 0 Å². The van der Waals surface area contributed by atoms with Crippen LogP contribution >= 0.6 is 23.2 Å². The molecule has 0 aliphatic rings. The first-order chi connectivity index (χ1) is 37.4. The maximum Gasteiger partial charge on any atom is 0.313 e. The fourth-order valence-electron chi connectivity index (χ4n) is 7.34. The summed E-state index contributed by atoms with van der Waals surface area (Å²) in [6, 6.07) is 18.5. The van der Waals surface area contributed by atoms with Gasteiger partial charge in [-0.05, 0) is 62.1 Å². The smallest absolute Gasteiger partial charge is 0.313 e. The molecule has 0 aliphatic heterocycles. The van der Waals surface area contributed by atoms with Crippen LogP contribution in [-0.4, -0.2) is 169 Å². The summed E-state index contributed by atoms with van der Waals surface area (Å²) in [5.41, 5.74) is -5.27. The third kappa shape index (κ3) is 17.4. The van der Waals surface area contributed by atoms with Crippen LogP contribution in [0.1, 0.15) is 80.5 Å². The molecule has 4 aromatic heterocycles. The van der Waals surface area contributed by atoms with Gasteiger partial charge in [-0.15, -0.1) is 18.9 Å². The number of hydrogen-bond donors (Lipinski definition) is 5. The van der Waals surface area contributed by atoms with Gasteiger partial charge in [0.2, 0.25) is 5.91 Å². The molecule has 5 rings (SSSR count). The van der Waals surface area contributed by atoms with Gasteiger partial charge in [0, 0.05) is 63.5 Å². The number of carbonyl (C=O) groups is 6. The summed E-state index contributed by atoms with van der Waals surface area (Å²) in [4.78, 5) is 132. The molecule has 0 saturated carbocycles. The number of esters is 1. The molecule has 418 valence electrons. The zero-order chi connectivity index (χ0) is 56.7. The van der Waals surface area contributed by atoms with E-state index >= 15 is 0 Å². The van der Waals surface area contributed by atoms with Crippen molar-refractivity contribution in [2.24, 2.45) is 0 Å². The molecule has 5 N–H and O–H groups in total. The number of benzene rings is 1. The quantitative estimate of drug-likeness (QED) is 0.0191. The highest BCUT2D eigenvalue weighted by molar-refractivity contribution is 6.37. The predicted octanol–water partition coefficient (Wildman–Crippen LogP) is 2.27. The molecule has 0 bridgehead atoms. The number of ether oxygens (including phenoxy) is 4. The number of para-hydroxylation sites is 1. The van der Waals surface area contributed by atoms with Crippen LogP contribution in [0.2, 0.25) is 10.0 Å². The Bertz CT molecular complexity index is 3140. The maximum atomic E-state index is 14.0. The van der Waals surface area contributed by atoms with Gasteiger partial charge in [0.05, 0.1) is 62.5 Å². The Morgan fingerprint density at radius 3 is 1.33 bits per heavy atom. The normalized spacial score (nSPS) is 10.9. The third-order valence-corrected chi connectivity index (χ3v) is 11.9. The van der Waals surface area contributed by atoms with Crippen molar-refractivity contribution in [1.29, 1.82) is 0 Å². The number of amides is 5. The third-order valence-electron chi connectivity index (χ3n) is 11.3. The maximum absolute atomic E-state index is 14.0. The molecule has 0 radical (unpaired) electrons. The summed E-state index contributed by atoms with van der Waals surface area (Å²) in [5, 5.41) is 44.2. The van der Waals surface area contributed by atoms with Crippen molar-refractivity contribution in [3.63, 3.8) is 0 Å². The van der Waals surface area contributed by atoms with Crippen LogP contribution in [0.25, 0.3) is 0 Å². The zero-order valence-corrected chi connectivity index (χ0v) is 43.3. The summed E-state index contributed by atoms with van der Waals surface area (Å²) in [7, 11) is 0. The monoisotopic (exact) mass is 1130 g/mol. The van der Waals surface area contributed by atoms with Crippen molar-refractivity contribution in [2.45, 2.75) is 38.5 Å². The molecule has 28 heteroatoms. The number of rotatable bonds is 30. The second-order valence-electron chi connectivity index (χ2n) is 16.7. The Balaban J connectivity index is 1.17. The second-order valence-corrected chi connectivity index (χ2v) is 17.5. The molecule has 0 fully saturated rings. The van der Waals surface area contributed by atoms with Crippen molar-refractivity contribution in [3.05, 3.63) is 165 Å². The van der Waals surface area contributed by atoms with E-state index in [2.05, 4.69) is 5.32 Å². The lowest BCUT2D eigenvalue weighted by Gasteiger charge is -2.27. The van der Waals surface area contributed by atoms with Crippen molar-refractivity contribution in [2.75, 3.05) is 78.9 Å². The van der Waals surface area contributed by atoms with Gasteiger partial charge in [0.15, 0.2) is 5.75 Å². The number of carbonyl (C=O) groups excluding carboxylic acids is 6. The number of halogens is 2. The molecule has 5 aromatic rings. The van der Waals surface area contributed by atoms with E-state index in [0.717, 1.165) is 35.2 Å². The Morgan fingerprint density at radius 2 is 0.846 bits per heavy atom. The van der Waals surface area contributed by atoms with E-state index in [1.165, 1.54) is 64.4 Å². The van der Waals surface area contributed by atoms with Gasteiger partial charge in [0.1, 0.15) is 22.8 Å². The fraction of sp³-hybridized carbons (Fsp3) is 0.360. The molecule has 26 nitrogen and oxygen atoms in total. The van der Waals surface area contributed by atoms with Gasteiger partial charge in [-0.25, -0.2) is 0 Å². The molecule has 78 heavy (non-hydrogen) atoms. The van der Waals surface area contributed by atoms with E-state index < -0.39 is 69.1 Å². The Hall–Kier alpha value is -8.30. The summed E-state index contributed by atoms with van der Waals surface area (Å²) in [6.07, 6.45) is -0.133. The number of nitrogens with one attached hydrogen (secondary N) is 1. The van der Waals surface area contributed by atoms with E-state index in [4.69, 9.17) is 42.1 Å². The Morgan fingerprint density at radius 1 is 0.462 bits per heavy atom. The molecule has 0 atom stereocenters. The molecule has 0 aliphatic carbocycles. The minimum absolute atomic E-state index is 0.0254. The average molecular weight is 1130 g/mol. The highest BCUT2D eigenvalue weighted by Gasteiger charge is 2.27. The Labute approximate surface area is 453 Å².